The fourth-order valence-electron chi connectivity index (χ4n) is 1.86. The molecule has 0 atom stereocenters. The molecule has 0 spiro atoms. The Hall–Kier alpha value is -1.90. The van der Waals surface area contributed by atoms with Gasteiger partial charge < -0.3 is 11.5 Å². The SMILES string of the molecule is Cc1cn2c(/C=N/N=C(N)N)c(-c3ccsc3)nc2s1.Cl. The molecule has 0 aliphatic heterocycles. The van der Waals surface area contributed by atoms with Gasteiger partial charge in [0, 0.05) is 22.0 Å². The Morgan fingerprint density at radius 2 is 2.24 bits per heavy atom. The Bertz CT molecular complexity index is 795. The van der Waals surface area contributed by atoms with Crippen LogP contribution in [0.5, 0.6) is 0 Å². The fraction of sp³-hybridized carbons (Fsp3) is 0.0833. The molecule has 3 aromatic heterocycles. The van der Waals surface area contributed by atoms with E-state index in [1.54, 1.807) is 28.9 Å². The monoisotopic (exact) mass is 340 g/mol. The van der Waals surface area contributed by atoms with E-state index in [4.69, 9.17) is 11.5 Å². The van der Waals surface area contributed by atoms with E-state index < -0.39 is 0 Å². The van der Waals surface area contributed by atoms with Gasteiger partial charge in [0.1, 0.15) is 5.69 Å². The molecule has 3 rings (SSSR count). The molecule has 0 saturated heterocycles. The summed E-state index contributed by atoms with van der Waals surface area (Å²) in [7, 11) is 0. The molecule has 0 amide bonds. The summed E-state index contributed by atoms with van der Waals surface area (Å²) in [5.74, 6) is -0.0689. The molecule has 0 fully saturated rings. The number of nitrogens with two attached hydrogens (primary N) is 2. The van der Waals surface area contributed by atoms with Gasteiger partial charge in [0.2, 0.25) is 5.96 Å². The molecule has 0 aliphatic carbocycles. The van der Waals surface area contributed by atoms with Gasteiger partial charge in [-0.05, 0) is 18.4 Å². The first-order valence-corrected chi connectivity index (χ1v) is 7.54. The molecule has 0 unspecified atom stereocenters. The quantitative estimate of drug-likeness (QED) is 0.435. The van der Waals surface area contributed by atoms with Crippen LogP contribution in [-0.4, -0.2) is 21.6 Å². The lowest BCUT2D eigenvalue weighted by atomic mass is 10.2. The summed E-state index contributed by atoms with van der Waals surface area (Å²) < 4.78 is 2.00. The van der Waals surface area contributed by atoms with Gasteiger partial charge in [0.25, 0.3) is 0 Å². The van der Waals surface area contributed by atoms with Crippen LogP contribution in [0.3, 0.4) is 0 Å². The van der Waals surface area contributed by atoms with Crippen molar-refractivity contribution < 1.29 is 0 Å². The number of hydrogen-bond acceptors (Lipinski definition) is 5. The standard InChI is InChI=1S/C12H12N6S2.ClH/c1-7-5-18-9(4-15-17-11(13)14)10(16-12(18)20-7)8-2-3-19-6-8;/h2-6H,1H3,(H4,13,14,17);1H/b15-4+;. The number of thiazole rings is 1. The van der Waals surface area contributed by atoms with Gasteiger partial charge >= 0.3 is 0 Å². The lowest BCUT2D eigenvalue weighted by molar-refractivity contribution is 1.17. The molecule has 21 heavy (non-hydrogen) atoms. The molecular weight excluding hydrogens is 328 g/mol. The zero-order valence-corrected chi connectivity index (χ0v) is 13.5. The number of nitrogens with zero attached hydrogens (tertiary/aromatic N) is 4. The van der Waals surface area contributed by atoms with E-state index in [9.17, 15) is 0 Å². The predicted octanol–water partition coefficient (Wildman–Crippen LogP) is 2.46. The number of guanidine groups is 1. The van der Waals surface area contributed by atoms with Crippen LogP contribution in [0.1, 0.15) is 10.6 Å². The predicted molar refractivity (Wildman–Crippen MR) is 91.8 cm³/mol. The second-order valence-electron chi connectivity index (χ2n) is 4.12. The normalized spacial score (nSPS) is 10.9. The minimum absolute atomic E-state index is 0. The molecule has 3 heterocycles. The van der Waals surface area contributed by atoms with Crippen molar-refractivity contribution in [2.75, 3.05) is 0 Å². The number of halogens is 1. The van der Waals surface area contributed by atoms with Gasteiger partial charge in [-0.2, -0.15) is 16.4 Å². The van der Waals surface area contributed by atoms with Gasteiger partial charge in [-0.25, -0.2) is 4.98 Å². The van der Waals surface area contributed by atoms with Gasteiger partial charge in [-0.1, -0.05) is 0 Å². The highest BCUT2D eigenvalue weighted by molar-refractivity contribution is 7.17. The molecule has 0 aromatic carbocycles. The van der Waals surface area contributed by atoms with Crippen LogP contribution in [0.15, 0.2) is 33.2 Å². The Labute approximate surface area is 135 Å². The van der Waals surface area contributed by atoms with Gasteiger partial charge in [-0.15, -0.1) is 28.8 Å². The minimum atomic E-state index is -0.0689. The van der Waals surface area contributed by atoms with Crippen molar-refractivity contribution in [2.45, 2.75) is 6.92 Å². The van der Waals surface area contributed by atoms with Crippen molar-refractivity contribution in [3.8, 4) is 11.3 Å². The van der Waals surface area contributed by atoms with Gasteiger partial charge in [0.05, 0.1) is 11.9 Å². The summed E-state index contributed by atoms with van der Waals surface area (Å²) in [5.41, 5.74) is 13.4. The molecule has 0 bridgehead atoms. The molecule has 0 saturated carbocycles. The highest BCUT2D eigenvalue weighted by Gasteiger charge is 2.14. The topological polar surface area (TPSA) is 94.1 Å². The number of aromatic nitrogens is 2. The van der Waals surface area contributed by atoms with Gasteiger partial charge in [-0.3, -0.25) is 4.40 Å². The zero-order valence-electron chi connectivity index (χ0n) is 11.1. The molecule has 9 heteroatoms. The Kier molecular flexibility index (Phi) is 4.61. The van der Waals surface area contributed by atoms with Crippen molar-refractivity contribution >= 4 is 52.2 Å². The average Bonchev–Trinajstić information content (AvgIpc) is 3.05. The maximum Gasteiger partial charge on any atom is 0.211 e. The maximum absolute atomic E-state index is 5.28. The largest absolute Gasteiger partial charge is 0.369 e. The van der Waals surface area contributed by atoms with Crippen LogP contribution in [0.25, 0.3) is 16.2 Å². The van der Waals surface area contributed by atoms with Crippen LogP contribution in [-0.2, 0) is 0 Å². The fourth-order valence-corrected chi connectivity index (χ4v) is 3.33. The highest BCUT2D eigenvalue weighted by atomic mass is 35.5. The van der Waals surface area contributed by atoms with Crippen LogP contribution in [0, 0.1) is 6.92 Å². The third kappa shape index (κ3) is 3.07. The smallest absolute Gasteiger partial charge is 0.211 e. The van der Waals surface area contributed by atoms with Crippen molar-refractivity contribution in [1.29, 1.82) is 0 Å². The first kappa shape index (κ1) is 15.5. The number of rotatable bonds is 3. The number of fused-ring (bicyclic) bond motifs is 1. The van der Waals surface area contributed by atoms with Crippen LogP contribution in [0.2, 0.25) is 0 Å². The number of thiophene rings is 1. The van der Waals surface area contributed by atoms with E-state index in [1.165, 1.54) is 4.88 Å². The lowest BCUT2D eigenvalue weighted by Gasteiger charge is -1.95. The van der Waals surface area contributed by atoms with Crippen molar-refractivity contribution in [1.82, 2.24) is 9.38 Å². The molecule has 3 aromatic rings. The van der Waals surface area contributed by atoms with Crippen LogP contribution < -0.4 is 11.5 Å². The summed E-state index contributed by atoms with van der Waals surface area (Å²) in [6.45, 7) is 2.04. The summed E-state index contributed by atoms with van der Waals surface area (Å²) >= 11 is 3.26. The average molecular weight is 341 g/mol. The van der Waals surface area contributed by atoms with Gasteiger partial charge in [0.15, 0.2) is 4.96 Å². The van der Waals surface area contributed by atoms with Crippen LogP contribution >= 0.6 is 35.1 Å². The van der Waals surface area contributed by atoms with Crippen LogP contribution in [0.4, 0.5) is 0 Å². The zero-order chi connectivity index (χ0) is 14.1. The third-order valence-electron chi connectivity index (χ3n) is 2.63. The molecular formula is C12H13ClN6S2. The lowest BCUT2D eigenvalue weighted by Crippen LogP contribution is -2.21. The third-order valence-corrected chi connectivity index (χ3v) is 4.21. The molecule has 110 valence electrons. The molecule has 0 radical (unpaired) electrons. The van der Waals surface area contributed by atoms with Crippen molar-refractivity contribution in [3.05, 3.63) is 33.6 Å². The molecule has 0 aliphatic rings. The van der Waals surface area contributed by atoms with E-state index in [1.807, 2.05) is 29.0 Å². The molecule has 6 nitrogen and oxygen atoms in total. The van der Waals surface area contributed by atoms with E-state index in [2.05, 4.69) is 20.6 Å². The van der Waals surface area contributed by atoms with E-state index >= 15 is 0 Å². The number of aryl methyl sites for hydroxylation is 1. The molecule has 4 N–H and O–H groups in total. The second kappa shape index (κ2) is 6.25. The first-order valence-electron chi connectivity index (χ1n) is 5.78. The van der Waals surface area contributed by atoms with E-state index in [-0.39, 0.29) is 18.4 Å². The summed E-state index contributed by atoms with van der Waals surface area (Å²) in [6, 6.07) is 2.03. The Morgan fingerprint density at radius 3 is 2.90 bits per heavy atom. The van der Waals surface area contributed by atoms with Crippen molar-refractivity contribution in [2.24, 2.45) is 21.7 Å². The maximum atomic E-state index is 5.28. The Balaban J connectivity index is 0.00000161. The van der Waals surface area contributed by atoms with E-state index in [0.717, 1.165) is 21.9 Å². The second-order valence-corrected chi connectivity index (χ2v) is 6.11. The van der Waals surface area contributed by atoms with Crippen molar-refractivity contribution in [3.63, 3.8) is 0 Å². The highest BCUT2D eigenvalue weighted by Crippen LogP contribution is 2.28. The van der Waals surface area contributed by atoms with E-state index in [0.29, 0.717) is 0 Å². The number of imidazole rings is 1. The number of hydrogen-bond donors (Lipinski definition) is 2. The summed E-state index contributed by atoms with van der Waals surface area (Å²) in [6.07, 6.45) is 3.65. The first-order chi connectivity index (χ1) is 9.65. The minimum Gasteiger partial charge on any atom is -0.369 e. The Morgan fingerprint density at radius 1 is 1.43 bits per heavy atom. The summed E-state index contributed by atoms with van der Waals surface area (Å²) in [4.78, 5) is 6.77. The summed E-state index contributed by atoms with van der Waals surface area (Å²) in [5, 5.41) is 11.6.